The third-order valence-corrected chi connectivity index (χ3v) is 2.61. The summed E-state index contributed by atoms with van der Waals surface area (Å²) < 4.78 is 5.75. The predicted octanol–water partition coefficient (Wildman–Crippen LogP) is 4.31. The zero-order valence-corrected chi connectivity index (χ0v) is 10.1. The maximum absolute atomic E-state index is 9.88. The van der Waals surface area contributed by atoms with Gasteiger partial charge >= 0.3 is 0 Å². The zero-order chi connectivity index (χ0) is 12.3. The largest absolute Gasteiger partial charge is 0.504 e. The molecule has 0 amide bonds. The van der Waals surface area contributed by atoms with E-state index in [9.17, 15) is 5.11 Å². The smallest absolute Gasteiger partial charge is 0.172 e. The van der Waals surface area contributed by atoms with Crippen molar-refractivity contribution >= 4 is 0 Å². The van der Waals surface area contributed by atoms with Crippen LogP contribution in [0.4, 0.5) is 0 Å². The summed E-state index contributed by atoms with van der Waals surface area (Å²) in [4.78, 5) is 0. The first-order chi connectivity index (χ1) is 8.18. The first kappa shape index (κ1) is 11.5. The molecule has 88 valence electrons. The summed E-state index contributed by atoms with van der Waals surface area (Å²) in [6.45, 7) is 4.15. The van der Waals surface area contributed by atoms with Crippen molar-refractivity contribution in [3.63, 3.8) is 0 Å². The molecule has 2 rings (SSSR count). The van der Waals surface area contributed by atoms with Crippen molar-refractivity contribution in [1.29, 1.82) is 0 Å². The SMILES string of the molecule is CC(C)c1cccc(O)c1Oc1ccccc1. The van der Waals surface area contributed by atoms with Crippen LogP contribution in [0, 0.1) is 0 Å². The molecule has 2 heteroatoms. The minimum Gasteiger partial charge on any atom is -0.504 e. The summed E-state index contributed by atoms with van der Waals surface area (Å²) in [5.41, 5.74) is 1.01. The standard InChI is InChI=1S/C15H16O2/c1-11(2)13-9-6-10-14(16)15(13)17-12-7-4-3-5-8-12/h3-11,16H,1-2H3. The highest BCUT2D eigenvalue weighted by Gasteiger charge is 2.12. The molecule has 0 atom stereocenters. The third kappa shape index (κ3) is 2.59. The van der Waals surface area contributed by atoms with E-state index in [4.69, 9.17) is 4.74 Å². The van der Waals surface area contributed by atoms with E-state index in [2.05, 4.69) is 13.8 Å². The van der Waals surface area contributed by atoms with E-state index in [0.717, 1.165) is 11.3 Å². The molecular weight excluding hydrogens is 212 g/mol. The summed E-state index contributed by atoms with van der Waals surface area (Å²) in [6.07, 6.45) is 0. The molecular formula is C15H16O2. The Bertz CT molecular complexity index is 490. The fraction of sp³-hybridized carbons (Fsp3) is 0.200. The van der Waals surface area contributed by atoms with Gasteiger partial charge in [0.05, 0.1) is 0 Å². The van der Waals surface area contributed by atoms with Gasteiger partial charge in [-0.15, -0.1) is 0 Å². The van der Waals surface area contributed by atoms with E-state index in [1.165, 1.54) is 0 Å². The molecule has 0 radical (unpaired) electrons. The molecule has 2 nitrogen and oxygen atoms in total. The molecule has 0 fully saturated rings. The minimum absolute atomic E-state index is 0.181. The van der Waals surface area contributed by atoms with Gasteiger partial charge in [0.1, 0.15) is 5.75 Å². The van der Waals surface area contributed by atoms with E-state index < -0.39 is 0 Å². The van der Waals surface area contributed by atoms with Crippen LogP contribution in [0.25, 0.3) is 0 Å². The van der Waals surface area contributed by atoms with Crippen LogP contribution in [-0.2, 0) is 0 Å². The molecule has 0 spiro atoms. The molecule has 0 heterocycles. The van der Waals surface area contributed by atoms with E-state index in [1.807, 2.05) is 42.5 Å². The fourth-order valence-electron chi connectivity index (χ4n) is 1.71. The molecule has 1 N–H and O–H groups in total. The van der Waals surface area contributed by atoms with Crippen LogP contribution in [0.1, 0.15) is 25.3 Å². The van der Waals surface area contributed by atoms with Crippen LogP contribution in [-0.4, -0.2) is 5.11 Å². The molecule has 0 aromatic heterocycles. The molecule has 0 aliphatic heterocycles. The number of ether oxygens (including phenoxy) is 1. The lowest BCUT2D eigenvalue weighted by atomic mass is 10.0. The maximum Gasteiger partial charge on any atom is 0.172 e. The van der Waals surface area contributed by atoms with Crippen LogP contribution in [0.3, 0.4) is 0 Å². The summed E-state index contributed by atoms with van der Waals surface area (Å²) in [6, 6.07) is 14.9. The van der Waals surface area contributed by atoms with Crippen molar-refractivity contribution < 1.29 is 9.84 Å². The average Bonchev–Trinajstić information content (AvgIpc) is 2.33. The molecule has 2 aromatic rings. The van der Waals surface area contributed by atoms with Crippen LogP contribution >= 0.6 is 0 Å². The topological polar surface area (TPSA) is 29.5 Å². The number of hydrogen-bond donors (Lipinski definition) is 1. The molecule has 0 aliphatic rings. The lowest BCUT2D eigenvalue weighted by Crippen LogP contribution is -1.94. The van der Waals surface area contributed by atoms with Crippen molar-refractivity contribution in [2.75, 3.05) is 0 Å². The fourth-order valence-corrected chi connectivity index (χ4v) is 1.71. The number of phenolic OH excluding ortho intramolecular Hbond substituents is 1. The first-order valence-electron chi connectivity index (χ1n) is 5.73. The van der Waals surface area contributed by atoms with Crippen molar-refractivity contribution in [2.24, 2.45) is 0 Å². The zero-order valence-electron chi connectivity index (χ0n) is 10.1. The second kappa shape index (κ2) is 4.91. The maximum atomic E-state index is 9.88. The summed E-state index contributed by atoms with van der Waals surface area (Å²) in [7, 11) is 0. The lowest BCUT2D eigenvalue weighted by Gasteiger charge is -2.14. The van der Waals surface area contributed by atoms with Gasteiger partial charge in [0.15, 0.2) is 11.5 Å². The van der Waals surface area contributed by atoms with E-state index in [0.29, 0.717) is 11.7 Å². The Hall–Kier alpha value is -1.96. The monoisotopic (exact) mass is 228 g/mol. The summed E-state index contributed by atoms with van der Waals surface area (Å²) >= 11 is 0. The number of hydrogen-bond acceptors (Lipinski definition) is 2. The number of para-hydroxylation sites is 2. The van der Waals surface area contributed by atoms with Gasteiger partial charge in [0, 0.05) is 5.56 Å². The van der Waals surface area contributed by atoms with Gasteiger partial charge in [0.2, 0.25) is 0 Å². The number of aromatic hydroxyl groups is 1. The van der Waals surface area contributed by atoms with E-state index in [1.54, 1.807) is 6.07 Å². The predicted molar refractivity (Wildman–Crippen MR) is 68.7 cm³/mol. The number of rotatable bonds is 3. The second-order valence-electron chi connectivity index (χ2n) is 4.27. The van der Waals surface area contributed by atoms with Gasteiger partial charge in [-0.3, -0.25) is 0 Å². The molecule has 17 heavy (non-hydrogen) atoms. The Balaban J connectivity index is 2.38. The Kier molecular flexibility index (Phi) is 3.33. The van der Waals surface area contributed by atoms with Crippen molar-refractivity contribution in [3.8, 4) is 17.2 Å². The second-order valence-corrected chi connectivity index (χ2v) is 4.27. The molecule has 0 saturated carbocycles. The Morgan fingerprint density at radius 2 is 1.65 bits per heavy atom. The highest BCUT2D eigenvalue weighted by atomic mass is 16.5. The normalized spacial score (nSPS) is 10.5. The Labute approximate surface area is 101 Å². The molecule has 2 aromatic carbocycles. The summed E-state index contributed by atoms with van der Waals surface area (Å²) in [5.74, 6) is 1.77. The van der Waals surface area contributed by atoms with Gasteiger partial charge in [-0.25, -0.2) is 0 Å². The van der Waals surface area contributed by atoms with Crippen LogP contribution in [0.5, 0.6) is 17.2 Å². The van der Waals surface area contributed by atoms with Crippen molar-refractivity contribution in [1.82, 2.24) is 0 Å². The molecule has 0 aliphatic carbocycles. The number of benzene rings is 2. The van der Waals surface area contributed by atoms with Crippen molar-refractivity contribution in [3.05, 3.63) is 54.1 Å². The van der Waals surface area contributed by atoms with Crippen LogP contribution in [0.2, 0.25) is 0 Å². The molecule has 0 saturated heterocycles. The average molecular weight is 228 g/mol. The van der Waals surface area contributed by atoms with Gasteiger partial charge in [0.25, 0.3) is 0 Å². The Morgan fingerprint density at radius 3 is 2.29 bits per heavy atom. The summed E-state index contributed by atoms with van der Waals surface area (Å²) in [5, 5.41) is 9.88. The van der Waals surface area contributed by atoms with E-state index in [-0.39, 0.29) is 5.75 Å². The van der Waals surface area contributed by atoms with E-state index >= 15 is 0 Å². The first-order valence-corrected chi connectivity index (χ1v) is 5.73. The van der Waals surface area contributed by atoms with Gasteiger partial charge in [-0.1, -0.05) is 44.2 Å². The highest BCUT2D eigenvalue weighted by molar-refractivity contribution is 5.49. The van der Waals surface area contributed by atoms with Crippen LogP contribution in [0.15, 0.2) is 48.5 Å². The molecule has 0 unspecified atom stereocenters. The van der Waals surface area contributed by atoms with Gasteiger partial charge in [-0.2, -0.15) is 0 Å². The Morgan fingerprint density at radius 1 is 0.941 bits per heavy atom. The number of phenols is 1. The highest BCUT2D eigenvalue weighted by Crippen LogP contribution is 2.37. The van der Waals surface area contributed by atoms with Crippen LogP contribution < -0.4 is 4.74 Å². The molecule has 0 bridgehead atoms. The van der Waals surface area contributed by atoms with Gasteiger partial charge < -0.3 is 9.84 Å². The van der Waals surface area contributed by atoms with Gasteiger partial charge in [-0.05, 0) is 24.1 Å². The lowest BCUT2D eigenvalue weighted by molar-refractivity contribution is 0.405. The quantitative estimate of drug-likeness (QED) is 0.848. The third-order valence-electron chi connectivity index (χ3n) is 2.61. The van der Waals surface area contributed by atoms with Crippen molar-refractivity contribution in [2.45, 2.75) is 19.8 Å². The minimum atomic E-state index is 0.181.